The fraction of sp³-hybridized carbons (Fsp3) is 0.625. The number of carbonyl (C=O) groups excluding carboxylic acids is 3. The first-order valence-corrected chi connectivity index (χ1v) is 15.7. The lowest BCUT2D eigenvalue weighted by molar-refractivity contribution is -0.139. The van der Waals surface area contributed by atoms with E-state index in [1.54, 1.807) is 26.1 Å². The summed E-state index contributed by atoms with van der Waals surface area (Å²) in [7, 11) is 1.74. The van der Waals surface area contributed by atoms with Gasteiger partial charge in [-0.1, -0.05) is 31.4 Å². The Hall–Kier alpha value is -3.27. The van der Waals surface area contributed by atoms with E-state index in [1.807, 2.05) is 16.0 Å². The molecule has 0 unspecified atom stereocenters. The Labute approximate surface area is 248 Å². The summed E-state index contributed by atoms with van der Waals surface area (Å²) < 4.78 is 15.6. The van der Waals surface area contributed by atoms with Gasteiger partial charge in [0.1, 0.15) is 23.4 Å². The van der Waals surface area contributed by atoms with Gasteiger partial charge in [-0.3, -0.25) is 14.4 Å². The van der Waals surface area contributed by atoms with Crippen LogP contribution in [0.25, 0.3) is 0 Å². The molecular formula is C32H45FN6O3. The highest BCUT2D eigenvalue weighted by Gasteiger charge is 2.39. The summed E-state index contributed by atoms with van der Waals surface area (Å²) in [6, 6.07) is 5.27. The van der Waals surface area contributed by atoms with Crippen LogP contribution in [0.4, 0.5) is 4.39 Å². The zero-order valence-corrected chi connectivity index (χ0v) is 25.0. The summed E-state index contributed by atoms with van der Waals surface area (Å²) in [6.07, 6.45) is 11.1. The van der Waals surface area contributed by atoms with Crippen molar-refractivity contribution < 1.29 is 18.8 Å². The normalized spacial score (nSPS) is 20.3. The summed E-state index contributed by atoms with van der Waals surface area (Å²) in [6.45, 7) is 4.12. The number of aromatic nitrogens is 2. The molecule has 2 aliphatic heterocycles. The zero-order valence-electron chi connectivity index (χ0n) is 25.0. The van der Waals surface area contributed by atoms with E-state index in [1.165, 1.54) is 12.1 Å². The Morgan fingerprint density at radius 1 is 1.05 bits per heavy atom. The maximum Gasteiger partial charge on any atom is 0.274 e. The number of fused-ring (bicyclic) bond motifs is 1. The van der Waals surface area contributed by atoms with Crippen LogP contribution in [0.1, 0.15) is 80.2 Å². The molecule has 10 heteroatoms. The van der Waals surface area contributed by atoms with Crippen molar-refractivity contribution in [2.45, 2.75) is 95.8 Å². The van der Waals surface area contributed by atoms with E-state index in [0.717, 1.165) is 75.7 Å². The molecule has 9 nitrogen and oxygen atoms in total. The van der Waals surface area contributed by atoms with Crippen LogP contribution in [-0.2, 0) is 29.0 Å². The van der Waals surface area contributed by atoms with Gasteiger partial charge in [0.05, 0.1) is 6.04 Å². The van der Waals surface area contributed by atoms with Gasteiger partial charge in [0, 0.05) is 44.8 Å². The van der Waals surface area contributed by atoms with Gasteiger partial charge < -0.3 is 25.0 Å². The lowest BCUT2D eigenvalue weighted by atomic mass is 9.83. The summed E-state index contributed by atoms with van der Waals surface area (Å²) in [5, 5.41) is 6.07. The molecule has 1 saturated carbocycles. The first-order chi connectivity index (χ1) is 20.3. The number of hydrogen-bond donors (Lipinski definition) is 2. The molecule has 2 aromatic rings. The summed E-state index contributed by atoms with van der Waals surface area (Å²) >= 11 is 0. The van der Waals surface area contributed by atoms with Crippen molar-refractivity contribution in [3.63, 3.8) is 0 Å². The van der Waals surface area contributed by atoms with Crippen molar-refractivity contribution in [3.8, 4) is 0 Å². The van der Waals surface area contributed by atoms with Crippen LogP contribution < -0.4 is 10.6 Å². The highest BCUT2D eigenvalue weighted by atomic mass is 19.1. The lowest BCUT2D eigenvalue weighted by Gasteiger charge is -2.37. The highest BCUT2D eigenvalue weighted by molar-refractivity contribution is 5.93. The fourth-order valence-electron chi connectivity index (χ4n) is 6.72. The summed E-state index contributed by atoms with van der Waals surface area (Å²) in [5.41, 5.74) is 1.38. The number of rotatable bonds is 11. The topological polar surface area (TPSA) is 99.6 Å². The fourth-order valence-corrected chi connectivity index (χ4v) is 6.72. The van der Waals surface area contributed by atoms with Crippen molar-refractivity contribution >= 4 is 17.7 Å². The van der Waals surface area contributed by atoms with Gasteiger partial charge in [0.25, 0.3) is 5.91 Å². The zero-order chi connectivity index (χ0) is 29.6. The average molecular weight is 581 g/mol. The summed E-state index contributed by atoms with van der Waals surface area (Å²) in [4.78, 5) is 49.3. The maximum absolute atomic E-state index is 14.2. The Balaban J connectivity index is 1.34. The van der Waals surface area contributed by atoms with E-state index in [-0.39, 0.29) is 35.5 Å². The Morgan fingerprint density at radius 2 is 1.81 bits per heavy atom. The van der Waals surface area contributed by atoms with Crippen molar-refractivity contribution in [3.05, 3.63) is 53.4 Å². The highest BCUT2D eigenvalue weighted by Crippen LogP contribution is 2.30. The van der Waals surface area contributed by atoms with Gasteiger partial charge in [0.15, 0.2) is 0 Å². The minimum absolute atomic E-state index is 0.0343. The third-order valence-electron chi connectivity index (χ3n) is 9.35. The Bertz CT molecular complexity index is 1220. The number of amides is 3. The minimum atomic E-state index is -0.561. The van der Waals surface area contributed by atoms with E-state index in [0.29, 0.717) is 31.7 Å². The number of nitrogens with one attached hydrogen (secondary N) is 2. The largest absolute Gasteiger partial charge is 0.343 e. The van der Waals surface area contributed by atoms with Crippen LogP contribution in [0.15, 0.2) is 30.5 Å². The van der Waals surface area contributed by atoms with E-state index in [2.05, 4.69) is 20.2 Å². The molecule has 0 radical (unpaired) electrons. The van der Waals surface area contributed by atoms with Gasteiger partial charge >= 0.3 is 0 Å². The first kappa shape index (κ1) is 30.2. The molecule has 3 heterocycles. The number of halogens is 1. The molecule has 1 aromatic carbocycles. The van der Waals surface area contributed by atoms with Gasteiger partial charge in [-0.15, -0.1) is 0 Å². The molecule has 3 atom stereocenters. The van der Waals surface area contributed by atoms with Crippen molar-refractivity contribution in [1.82, 2.24) is 30.0 Å². The van der Waals surface area contributed by atoms with Crippen LogP contribution in [0.2, 0.25) is 0 Å². The Morgan fingerprint density at radius 3 is 2.52 bits per heavy atom. The molecule has 3 aliphatic rings. The second kappa shape index (κ2) is 13.8. The smallest absolute Gasteiger partial charge is 0.274 e. The molecule has 0 bridgehead atoms. The molecule has 5 rings (SSSR count). The number of aryl methyl sites for hydroxylation is 2. The molecule has 1 aromatic heterocycles. The number of likely N-dealkylation sites (tertiary alicyclic amines) is 1. The SMILES string of the molecule is CN[C@@H](C)C(=O)N[C@H](C(=O)N1CCC[C@H]1CN(CCc1ccc(F)cc1)C(=O)c1cn2c(n1)CCC2)C1CCCCC1. The molecular weight excluding hydrogens is 535 g/mol. The van der Waals surface area contributed by atoms with Crippen molar-refractivity contribution in [2.24, 2.45) is 5.92 Å². The van der Waals surface area contributed by atoms with E-state index in [9.17, 15) is 18.8 Å². The molecule has 228 valence electrons. The van der Waals surface area contributed by atoms with E-state index >= 15 is 0 Å². The molecule has 2 fully saturated rings. The number of benzene rings is 1. The molecule has 0 spiro atoms. The number of imidazole rings is 1. The molecule has 42 heavy (non-hydrogen) atoms. The molecule has 3 amide bonds. The average Bonchev–Trinajstić information content (AvgIpc) is 3.75. The van der Waals surface area contributed by atoms with Crippen molar-refractivity contribution in [2.75, 3.05) is 26.7 Å². The monoisotopic (exact) mass is 580 g/mol. The van der Waals surface area contributed by atoms with E-state index < -0.39 is 12.1 Å². The number of carbonyl (C=O) groups is 3. The van der Waals surface area contributed by atoms with Crippen LogP contribution in [0, 0.1) is 11.7 Å². The predicted octanol–water partition coefficient (Wildman–Crippen LogP) is 3.32. The van der Waals surface area contributed by atoms with Gasteiger partial charge in [-0.2, -0.15) is 0 Å². The second-order valence-electron chi connectivity index (χ2n) is 12.2. The molecule has 2 N–H and O–H groups in total. The lowest BCUT2D eigenvalue weighted by Crippen LogP contribution is -2.57. The number of hydrogen-bond acceptors (Lipinski definition) is 5. The van der Waals surface area contributed by atoms with Crippen LogP contribution in [-0.4, -0.2) is 81.9 Å². The first-order valence-electron chi connectivity index (χ1n) is 15.7. The third-order valence-corrected chi connectivity index (χ3v) is 9.35. The van der Waals surface area contributed by atoms with Crippen molar-refractivity contribution in [1.29, 1.82) is 0 Å². The van der Waals surface area contributed by atoms with Crippen LogP contribution in [0.3, 0.4) is 0 Å². The minimum Gasteiger partial charge on any atom is -0.343 e. The maximum atomic E-state index is 14.2. The summed E-state index contributed by atoms with van der Waals surface area (Å²) in [5.74, 6) is 0.427. The number of nitrogens with zero attached hydrogens (tertiary/aromatic N) is 4. The van der Waals surface area contributed by atoms with Crippen LogP contribution in [0.5, 0.6) is 0 Å². The number of likely N-dealkylation sites (N-methyl/N-ethyl adjacent to an activating group) is 1. The Kier molecular flexibility index (Phi) is 9.92. The second-order valence-corrected chi connectivity index (χ2v) is 12.2. The quantitative estimate of drug-likeness (QED) is 0.425. The van der Waals surface area contributed by atoms with Gasteiger partial charge in [-0.05, 0) is 76.1 Å². The predicted molar refractivity (Wildman–Crippen MR) is 158 cm³/mol. The standard InChI is InChI=1S/C32H45FN6O3/c1-22(34-2)30(40)36-29(24-8-4-3-5-9-24)32(42)39-18-6-10-26(39)20-38(19-16-23-12-14-25(33)15-13-23)31(41)27-21-37-17-7-11-28(37)35-27/h12-15,21-22,24,26,29,34H,3-11,16-20H2,1-2H3,(H,36,40)/t22-,26-,29-/m0/s1. The van der Waals surface area contributed by atoms with Crippen LogP contribution >= 0.6 is 0 Å². The van der Waals surface area contributed by atoms with E-state index in [4.69, 9.17) is 0 Å². The van der Waals surface area contributed by atoms with Gasteiger partial charge in [0.2, 0.25) is 11.8 Å². The molecule has 1 saturated heterocycles. The third kappa shape index (κ3) is 7.02. The van der Waals surface area contributed by atoms with Gasteiger partial charge in [-0.25, -0.2) is 9.37 Å². The molecule has 1 aliphatic carbocycles.